The summed E-state index contributed by atoms with van der Waals surface area (Å²) < 4.78 is 5.23. The summed E-state index contributed by atoms with van der Waals surface area (Å²) in [5.74, 6) is 0.677. The molecule has 1 aromatic heterocycles. The van der Waals surface area contributed by atoms with E-state index in [1.54, 1.807) is 6.26 Å². The van der Waals surface area contributed by atoms with Crippen LogP contribution < -0.4 is 5.73 Å². The molecular formula is C9H13NO2. The number of hydrogen-bond acceptors (Lipinski definition) is 3. The van der Waals surface area contributed by atoms with Crippen LogP contribution in [0.4, 0.5) is 0 Å². The third-order valence-corrected chi connectivity index (χ3v) is 2.54. The molecule has 0 fully saturated rings. The molecule has 0 radical (unpaired) electrons. The highest BCUT2D eigenvalue weighted by atomic mass is 16.4. The van der Waals surface area contributed by atoms with Gasteiger partial charge in [0.15, 0.2) is 0 Å². The predicted octanol–water partition coefficient (Wildman–Crippen LogP) is 0.762. The van der Waals surface area contributed by atoms with Crippen molar-refractivity contribution in [3.63, 3.8) is 0 Å². The van der Waals surface area contributed by atoms with Crippen LogP contribution in [0.5, 0.6) is 0 Å². The van der Waals surface area contributed by atoms with Crippen LogP contribution in [0.25, 0.3) is 0 Å². The normalized spacial score (nSPS) is 28.5. The van der Waals surface area contributed by atoms with Crippen LogP contribution in [-0.2, 0) is 12.0 Å². The molecule has 3 heteroatoms. The second-order valence-electron chi connectivity index (χ2n) is 3.36. The van der Waals surface area contributed by atoms with Gasteiger partial charge < -0.3 is 15.3 Å². The molecule has 66 valence electrons. The fraction of sp³-hybridized carbons (Fsp3) is 0.556. The highest BCUT2D eigenvalue weighted by Gasteiger charge is 2.35. The SMILES string of the molecule is NCC1(O)CCCc2ccoc21. The first-order valence-corrected chi connectivity index (χ1v) is 4.25. The van der Waals surface area contributed by atoms with E-state index >= 15 is 0 Å². The fourth-order valence-corrected chi connectivity index (χ4v) is 1.82. The number of aliphatic hydroxyl groups is 1. The Balaban J connectivity index is 2.44. The smallest absolute Gasteiger partial charge is 0.139 e. The molecule has 1 aromatic rings. The van der Waals surface area contributed by atoms with Gasteiger partial charge in [0.05, 0.1) is 6.26 Å². The quantitative estimate of drug-likeness (QED) is 0.649. The van der Waals surface area contributed by atoms with Gasteiger partial charge in [0.25, 0.3) is 0 Å². The summed E-state index contributed by atoms with van der Waals surface area (Å²) in [6, 6.07) is 1.91. The van der Waals surface area contributed by atoms with Crippen LogP contribution in [0.15, 0.2) is 16.7 Å². The van der Waals surface area contributed by atoms with Crippen LogP contribution in [0.3, 0.4) is 0 Å². The summed E-state index contributed by atoms with van der Waals surface area (Å²) >= 11 is 0. The molecule has 0 saturated carbocycles. The third kappa shape index (κ3) is 0.974. The molecule has 1 atom stereocenters. The van der Waals surface area contributed by atoms with Crippen LogP contribution in [0.2, 0.25) is 0 Å². The molecule has 2 rings (SSSR count). The molecule has 0 spiro atoms. The van der Waals surface area contributed by atoms with E-state index in [1.165, 1.54) is 0 Å². The summed E-state index contributed by atoms with van der Waals surface area (Å²) in [6.45, 7) is 0.244. The van der Waals surface area contributed by atoms with Gasteiger partial charge in [-0.05, 0) is 30.9 Å². The zero-order valence-electron chi connectivity index (χ0n) is 6.92. The maximum absolute atomic E-state index is 10.0. The Labute approximate surface area is 71.2 Å². The molecular weight excluding hydrogens is 154 g/mol. The zero-order valence-corrected chi connectivity index (χ0v) is 6.92. The van der Waals surface area contributed by atoms with E-state index in [1.807, 2.05) is 6.07 Å². The minimum Gasteiger partial charge on any atom is -0.466 e. The summed E-state index contributed by atoms with van der Waals surface area (Å²) in [6.07, 6.45) is 4.31. The Kier molecular flexibility index (Phi) is 1.70. The van der Waals surface area contributed by atoms with E-state index < -0.39 is 5.60 Å². The van der Waals surface area contributed by atoms with E-state index in [0.717, 1.165) is 18.4 Å². The molecule has 1 unspecified atom stereocenters. The molecule has 0 aromatic carbocycles. The van der Waals surface area contributed by atoms with Crippen molar-refractivity contribution in [3.8, 4) is 0 Å². The Bertz CT molecular complexity index is 282. The molecule has 0 saturated heterocycles. The van der Waals surface area contributed by atoms with Crippen molar-refractivity contribution in [3.05, 3.63) is 23.7 Å². The van der Waals surface area contributed by atoms with Crippen LogP contribution in [0.1, 0.15) is 24.2 Å². The molecule has 0 bridgehead atoms. The number of hydrogen-bond donors (Lipinski definition) is 2. The first-order valence-electron chi connectivity index (χ1n) is 4.25. The van der Waals surface area contributed by atoms with E-state index in [9.17, 15) is 5.11 Å². The lowest BCUT2D eigenvalue weighted by Gasteiger charge is -2.29. The van der Waals surface area contributed by atoms with Gasteiger partial charge in [-0.3, -0.25) is 0 Å². The van der Waals surface area contributed by atoms with Crippen LogP contribution in [0, 0.1) is 0 Å². The molecule has 3 N–H and O–H groups in total. The van der Waals surface area contributed by atoms with E-state index in [2.05, 4.69) is 0 Å². The predicted molar refractivity (Wildman–Crippen MR) is 44.6 cm³/mol. The standard InChI is InChI=1S/C9H13NO2/c10-6-9(11)4-1-2-7-3-5-12-8(7)9/h3,5,11H,1-2,4,6,10H2. The van der Waals surface area contributed by atoms with E-state index in [-0.39, 0.29) is 6.54 Å². The average molecular weight is 167 g/mol. The van der Waals surface area contributed by atoms with Crippen LogP contribution in [-0.4, -0.2) is 11.7 Å². The minimum atomic E-state index is -0.906. The lowest BCUT2D eigenvalue weighted by Crippen LogP contribution is -2.37. The van der Waals surface area contributed by atoms with Crippen molar-refractivity contribution in [2.75, 3.05) is 6.54 Å². The highest BCUT2D eigenvalue weighted by Crippen LogP contribution is 2.34. The van der Waals surface area contributed by atoms with Crippen molar-refractivity contribution in [1.82, 2.24) is 0 Å². The van der Waals surface area contributed by atoms with E-state index in [0.29, 0.717) is 12.2 Å². The second kappa shape index (κ2) is 2.61. The summed E-state index contributed by atoms with van der Waals surface area (Å²) in [5, 5.41) is 10.0. The number of rotatable bonds is 1. The van der Waals surface area contributed by atoms with Gasteiger partial charge in [-0.25, -0.2) is 0 Å². The molecule has 1 aliphatic rings. The highest BCUT2D eigenvalue weighted by molar-refractivity contribution is 5.26. The second-order valence-corrected chi connectivity index (χ2v) is 3.36. The van der Waals surface area contributed by atoms with Gasteiger partial charge >= 0.3 is 0 Å². The van der Waals surface area contributed by atoms with E-state index in [4.69, 9.17) is 10.2 Å². The maximum atomic E-state index is 10.0. The van der Waals surface area contributed by atoms with Gasteiger partial charge in [0, 0.05) is 6.54 Å². The Morgan fingerprint density at radius 2 is 2.50 bits per heavy atom. The molecule has 0 aliphatic heterocycles. The number of nitrogens with two attached hydrogens (primary N) is 1. The molecule has 1 aliphatic carbocycles. The molecule has 1 heterocycles. The summed E-state index contributed by atoms with van der Waals surface area (Å²) in [7, 11) is 0. The largest absolute Gasteiger partial charge is 0.466 e. The first kappa shape index (κ1) is 7.83. The Morgan fingerprint density at radius 1 is 1.67 bits per heavy atom. The Morgan fingerprint density at radius 3 is 3.25 bits per heavy atom. The van der Waals surface area contributed by atoms with Crippen LogP contribution >= 0.6 is 0 Å². The number of aryl methyl sites for hydroxylation is 1. The van der Waals surface area contributed by atoms with Gasteiger partial charge in [-0.2, -0.15) is 0 Å². The van der Waals surface area contributed by atoms with Crippen molar-refractivity contribution < 1.29 is 9.52 Å². The van der Waals surface area contributed by atoms with Crippen molar-refractivity contribution >= 4 is 0 Å². The summed E-state index contributed by atoms with van der Waals surface area (Å²) in [5.41, 5.74) is 5.70. The lowest BCUT2D eigenvalue weighted by molar-refractivity contribution is 0.00602. The minimum absolute atomic E-state index is 0.244. The molecule has 0 amide bonds. The van der Waals surface area contributed by atoms with Gasteiger partial charge in [0.1, 0.15) is 11.4 Å². The number of fused-ring (bicyclic) bond motifs is 1. The fourth-order valence-electron chi connectivity index (χ4n) is 1.82. The topological polar surface area (TPSA) is 59.4 Å². The Hall–Kier alpha value is -0.800. The number of furan rings is 1. The lowest BCUT2D eigenvalue weighted by atomic mass is 9.85. The average Bonchev–Trinajstić information content (AvgIpc) is 2.54. The zero-order chi connectivity index (χ0) is 8.60. The van der Waals surface area contributed by atoms with Gasteiger partial charge in [0.2, 0.25) is 0 Å². The van der Waals surface area contributed by atoms with Crippen molar-refractivity contribution in [1.29, 1.82) is 0 Å². The van der Waals surface area contributed by atoms with Gasteiger partial charge in [-0.15, -0.1) is 0 Å². The van der Waals surface area contributed by atoms with Crippen molar-refractivity contribution in [2.24, 2.45) is 5.73 Å². The maximum Gasteiger partial charge on any atom is 0.139 e. The van der Waals surface area contributed by atoms with Crippen molar-refractivity contribution in [2.45, 2.75) is 24.9 Å². The van der Waals surface area contributed by atoms with Gasteiger partial charge in [-0.1, -0.05) is 0 Å². The molecule has 12 heavy (non-hydrogen) atoms. The first-order chi connectivity index (χ1) is 5.76. The monoisotopic (exact) mass is 167 g/mol. The third-order valence-electron chi connectivity index (χ3n) is 2.54. The molecule has 3 nitrogen and oxygen atoms in total. The summed E-state index contributed by atoms with van der Waals surface area (Å²) in [4.78, 5) is 0.